The lowest BCUT2D eigenvalue weighted by Crippen LogP contribution is -2.56. The molecule has 1 aliphatic heterocycles. The van der Waals surface area contributed by atoms with E-state index >= 15 is 0 Å². The highest BCUT2D eigenvalue weighted by Gasteiger charge is 2.31. The molecule has 6 nitrogen and oxygen atoms in total. The average molecular weight is 371 g/mol. The molecule has 2 fully saturated rings. The maximum atomic E-state index is 12.4. The molecule has 0 spiro atoms. The highest BCUT2D eigenvalue weighted by molar-refractivity contribution is 5.89. The Morgan fingerprint density at radius 2 is 1.96 bits per heavy atom. The smallest absolute Gasteiger partial charge is 0.237 e. The van der Waals surface area contributed by atoms with Crippen molar-refractivity contribution < 1.29 is 14.7 Å². The number of nitrogens with one attached hydrogen (secondary N) is 2. The number of benzene rings is 1. The van der Waals surface area contributed by atoms with Gasteiger partial charge in [0.1, 0.15) is 0 Å². The molecule has 2 aliphatic rings. The molecule has 1 unspecified atom stereocenters. The molecule has 27 heavy (non-hydrogen) atoms. The van der Waals surface area contributed by atoms with Crippen LogP contribution >= 0.6 is 0 Å². The quantitative estimate of drug-likeness (QED) is 0.704. The molecular formula is C21H29N3O3. The molecule has 1 aromatic carbocycles. The first-order valence-corrected chi connectivity index (χ1v) is 9.82. The van der Waals surface area contributed by atoms with Crippen LogP contribution in [0.25, 0.3) is 6.08 Å². The number of piperazine rings is 1. The Bertz CT molecular complexity index is 654. The van der Waals surface area contributed by atoms with E-state index in [9.17, 15) is 14.7 Å². The van der Waals surface area contributed by atoms with Gasteiger partial charge in [0, 0.05) is 25.7 Å². The maximum absolute atomic E-state index is 12.4. The van der Waals surface area contributed by atoms with Crippen LogP contribution in [0.2, 0.25) is 0 Å². The summed E-state index contributed by atoms with van der Waals surface area (Å²) in [7, 11) is 0. The highest BCUT2D eigenvalue weighted by atomic mass is 16.3. The van der Waals surface area contributed by atoms with Gasteiger partial charge in [0.2, 0.25) is 11.8 Å². The van der Waals surface area contributed by atoms with Crippen LogP contribution in [-0.4, -0.2) is 59.6 Å². The predicted molar refractivity (Wildman–Crippen MR) is 105 cm³/mol. The summed E-state index contributed by atoms with van der Waals surface area (Å²) < 4.78 is 0. The van der Waals surface area contributed by atoms with Gasteiger partial charge in [-0.1, -0.05) is 42.5 Å². The molecule has 0 bridgehead atoms. The zero-order chi connectivity index (χ0) is 19.1. The second-order valence-corrected chi connectivity index (χ2v) is 7.39. The van der Waals surface area contributed by atoms with Crippen LogP contribution in [0.3, 0.4) is 0 Å². The SMILES string of the molecule is O=C(CC1C(=O)NCCN1CC=Cc1ccccc1)NC1CCC(O)CC1. The van der Waals surface area contributed by atoms with Crippen molar-refractivity contribution in [1.29, 1.82) is 0 Å². The molecule has 3 rings (SSSR count). The first-order chi connectivity index (χ1) is 13.1. The number of aliphatic hydroxyl groups is 1. The molecular weight excluding hydrogens is 342 g/mol. The van der Waals surface area contributed by atoms with Gasteiger partial charge in [-0.15, -0.1) is 0 Å². The van der Waals surface area contributed by atoms with E-state index in [0.29, 0.717) is 13.1 Å². The number of nitrogens with zero attached hydrogens (tertiary/aromatic N) is 1. The van der Waals surface area contributed by atoms with Gasteiger partial charge in [-0.3, -0.25) is 14.5 Å². The number of carbonyl (C=O) groups is 2. The van der Waals surface area contributed by atoms with Gasteiger partial charge in [-0.2, -0.15) is 0 Å². The second kappa shape index (κ2) is 9.67. The minimum atomic E-state index is -0.437. The van der Waals surface area contributed by atoms with Gasteiger partial charge in [0.05, 0.1) is 18.6 Å². The zero-order valence-electron chi connectivity index (χ0n) is 15.6. The number of rotatable bonds is 6. The molecule has 2 amide bonds. The van der Waals surface area contributed by atoms with Gasteiger partial charge >= 0.3 is 0 Å². The highest BCUT2D eigenvalue weighted by Crippen LogP contribution is 2.19. The minimum Gasteiger partial charge on any atom is -0.393 e. The summed E-state index contributed by atoms with van der Waals surface area (Å²) in [5.41, 5.74) is 1.12. The monoisotopic (exact) mass is 371 g/mol. The van der Waals surface area contributed by atoms with Crippen molar-refractivity contribution in [2.24, 2.45) is 0 Å². The van der Waals surface area contributed by atoms with Crippen molar-refractivity contribution in [3.63, 3.8) is 0 Å². The Labute approximate surface area is 160 Å². The normalized spacial score (nSPS) is 26.7. The van der Waals surface area contributed by atoms with Crippen molar-refractivity contribution in [3.8, 4) is 0 Å². The molecule has 6 heteroatoms. The second-order valence-electron chi connectivity index (χ2n) is 7.39. The predicted octanol–water partition coefficient (Wildman–Crippen LogP) is 1.31. The van der Waals surface area contributed by atoms with E-state index in [0.717, 1.165) is 37.8 Å². The zero-order valence-corrected chi connectivity index (χ0v) is 15.6. The first-order valence-electron chi connectivity index (χ1n) is 9.82. The van der Waals surface area contributed by atoms with E-state index in [4.69, 9.17) is 0 Å². The van der Waals surface area contributed by atoms with E-state index < -0.39 is 6.04 Å². The summed E-state index contributed by atoms with van der Waals surface area (Å²) in [6.45, 7) is 1.98. The van der Waals surface area contributed by atoms with Crippen LogP contribution in [0, 0.1) is 0 Å². The van der Waals surface area contributed by atoms with Crippen molar-refractivity contribution in [2.45, 2.75) is 50.3 Å². The fourth-order valence-electron chi connectivity index (χ4n) is 3.77. The van der Waals surface area contributed by atoms with Gasteiger partial charge in [0.15, 0.2) is 0 Å². The summed E-state index contributed by atoms with van der Waals surface area (Å²) in [6, 6.07) is 9.70. The number of amides is 2. The molecule has 146 valence electrons. The largest absolute Gasteiger partial charge is 0.393 e. The third-order valence-corrected chi connectivity index (χ3v) is 5.33. The lowest BCUT2D eigenvalue weighted by molar-refractivity contribution is -0.134. The molecule has 1 aromatic rings. The third-order valence-electron chi connectivity index (χ3n) is 5.33. The van der Waals surface area contributed by atoms with Crippen LogP contribution in [0.4, 0.5) is 0 Å². The van der Waals surface area contributed by atoms with Crippen LogP contribution in [-0.2, 0) is 9.59 Å². The fraction of sp³-hybridized carbons (Fsp3) is 0.524. The first kappa shape index (κ1) is 19.6. The molecule has 1 aliphatic carbocycles. The summed E-state index contributed by atoms with van der Waals surface area (Å²) >= 11 is 0. The van der Waals surface area contributed by atoms with Gasteiger partial charge in [0.25, 0.3) is 0 Å². The van der Waals surface area contributed by atoms with Crippen LogP contribution < -0.4 is 10.6 Å². The molecule has 3 N–H and O–H groups in total. The molecule has 1 atom stereocenters. The van der Waals surface area contributed by atoms with Gasteiger partial charge in [-0.25, -0.2) is 0 Å². The van der Waals surface area contributed by atoms with E-state index in [2.05, 4.69) is 15.5 Å². The van der Waals surface area contributed by atoms with Crippen molar-refractivity contribution in [1.82, 2.24) is 15.5 Å². The summed E-state index contributed by atoms with van der Waals surface area (Å²) in [5.74, 6) is -0.168. The molecule has 0 aromatic heterocycles. The van der Waals surface area contributed by atoms with Crippen molar-refractivity contribution >= 4 is 17.9 Å². The topological polar surface area (TPSA) is 81.7 Å². The Balaban J connectivity index is 1.53. The van der Waals surface area contributed by atoms with Crippen molar-refractivity contribution in [3.05, 3.63) is 42.0 Å². The van der Waals surface area contributed by atoms with Crippen molar-refractivity contribution in [2.75, 3.05) is 19.6 Å². The minimum absolute atomic E-state index is 0.0800. The molecule has 1 saturated carbocycles. The molecule has 0 radical (unpaired) electrons. The van der Waals surface area contributed by atoms with Gasteiger partial charge < -0.3 is 15.7 Å². The fourth-order valence-corrected chi connectivity index (χ4v) is 3.77. The van der Waals surface area contributed by atoms with Crippen LogP contribution in [0.15, 0.2) is 36.4 Å². The summed E-state index contributed by atoms with van der Waals surface area (Å²) in [4.78, 5) is 26.8. The Morgan fingerprint density at radius 1 is 1.22 bits per heavy atom. The molecule has 1 heterocycles. The van der Waals surface area contributed by atoms with Crippen LogP contribution in [0.1, 0.15) is 37.7 Å². The number of aliphatic hydroxyl groups excluding tert-OH is 1. The van der Waals surface area contributed by atoms with E-state index in [1.165, 1.54) is 0 Å². The Kier molecular flexibility index (Phi) is 7.01. The van der Waals surface area contributed by atoms with E-state index in [1.54, 1.807) is 0 Å². The number of hydrogen-bond acceptors (Lipinski definition) is 4. The standard InChI is InChI=1S/C21H29N3O3/c25-18-10-8-17(9-11-18)23-20(26)15-19-21(27)22-12-14-24(19)13-4-7-16-5-2-1-3-6-16/h1-7,17-19,25H,8-15H2,(H,22,27)(H,23,26). The van der Waals surface area contributed by atoms with Gasteiger partial charge in [-0.05, 0) is 31.2 Å². The summed E-state index contributed by atoms with van der Waals surface area (Å²) in [5, 5.41) is 15.5. The lowest BCUT2D eigenvalue weighted by atomic mass is 9.93. The maximum Gasteiger partial charge on any atom is 0.237 e. The summed E-state index contributed by atoms with van der Waals surface area (Å²) in [6.07, 6.45) is 7.06. The van der Waals surface area contributed by atoms with E-state index in [1.807, 2.05) is 42.5 Å². The van der Waals surface area contributed by atoms with Crippen LogP contribution in [0.5, 0.6) is 0 Å². The Morgan fingerprint density at radius 3 is 2.70 bits per heavy atom. The average Bonchev–Trinajstić information content (AvgIpc) is 2.67. The number of carbonyl (C=O) groups excluding carboxylic acids is 2. The lowest BCUT2D eigenvalue weighted by Gasteiger charge is -2.34. The van der Waals surface area contributed by atoms with E-state index in [-0.39, 0.29) is 30.4 Å². The molecule has 1 saturated heterocycles. The third kappa shape index (κ3) is 5.91. The Hall–Kier alpha value is -2.18. The number of hydrogen-bond donors (Lipinski definition) is 3.